The Morgan fingerprint density at radius 3 is 2.58 bits per heavy atom. The number of hydrogen-bond acceptors (Lipinski definition) is 5. The third-order valence-electron chi connectivity index (χ3n) is 3.67. The van der Waals surface area contributed by atoms with Gasteiger partial charge in [0.25, 0.3) is 0 Å². The van der Waals surface area contributed by atoms with Gasteiger partial charge < -0.3 is 14.2 Å². The van der Waals surface area contributed by atoms with Crippen LogP contribution in [0.1, 0.15) is 19.2 Å². The number of nitrogens with zero attached hydrogens (tertiary/aromatic N) is 3. The van der Waals surface area contributed by atoms with Crippen LogP contribution in [0.3, 0.4) is 0 Å². The number of halogens is 3. The fraction of sp³-hybridized carbons (Fsp3) is 0.400. The minimum atomic E-state index is -4.67. The zero-order valence-electron chi connectivity index (χ0n) is 12.7. The van der Waals surface area contributed by atoms with E-state index in [0.29, 0.717) is 24.4 Å². The largest absolute Gasteiger partial charge is 0.489 e. The molecular formula is C15H14F3N3O3. The van der Waals surface area contributed by atoms with Gasteiger partial charge in [-0.15, -0.1) is 0 Å². The highest BCUT2D eigenvalue weighted by molar-refractivity contribution is 5.73. The first-order chi connectivity index (χ1) is 11.3. The maximum Gasteiger partial charge on any atom is 0.471 e. The third-order valence-corrected chi connectivity index (χ3v) is 3.67. The fourth-order valence-corrected chi connectivity index (χ4v) is 2.44. The van der Waals surface area contributed by atoms with Crippen LogP contribution in [-0.4, -0.2) is 40.1 Å². The van der Waals surface area contributed by atoms with Crippen molar-refractivity contribution in [2.24, 2.45) is 0 Å². The van der Waals surface area contributed by atoms with E-state index in [1.807, 2.05) is 0 Å². The standard InChI is InChI=1S/C15H14F3N3O3/c1-9(22)21-7-6-12(8-21)23-11-4-2-10(3-5-11)13-19-14(24-20-13)15(16,17)18/h2-5,12H,6-8H2,1H3/t12-/m0/s1. The molecule has 24 heavy (non-hydrogen) atoms. The number of aromatic nitrogens is 2. The molecule has 1 atom stereocenters. The molecule has 1 aromatic heterocycles. The average molecular weight is 341 g/mol. The highest BCUT2D eigenvalue weighted by Gasteiger charge is 2.38. The maximum atomic E-state index is 12.5. The van der Waals surface area contributed by atoms with Crippen LogP contribution in [0, 0.1) is 0 Å². The summed E-state index contributed by atoms with van der Waals surface area (Å²) < 4.78 is 47.3. The number of rotatable bonds is 3. The van der Waals surface area contributed by atoms with Gasteiger partial charge >= 0.3 is 12.1 Å². The number of carbonyl (C=O) groups is 1. The number of ether oxygens (including phenoxy) is 1. The second-order valence-corrected chi connectivity index (χ2v) is 5.44. The van der Waals surface area contributed by atoms with Crippen molar-refractivity contribution in [2.45, 2.75) is 25.6 Å². The maximum absolute atomic E-state index is 12.5. The van der Waals surface area contributed by atoms with Crippen molar-refractivity contribution in [3.8, 4) is 17.1 Å². The van der Waals surface area contributed by atoms with E-state index in [1.54, 1.807) is 29.2 Å². The van der Waals surface area contributed by atoms with Crippen molar-refractivity contribution in [2.75, 3.05) is 13.1 Å². The summed E-state index contributed by atoms with van der Waals surface area (Å²) in [6.07, 6.45) is -4.03. The minimum Gasteiger partial charge on any atom is -0.489 e. The van der Waals surface area contributed by atoms with Gasteiger partial charge in [0.2, 0.25) is 11.7 Å². The van der Waals surface area contributed by atoms with Crippen molar-refractivity contribution in [3.05, 3.63) is 30.2 Å². The Kier molecular flexibility index (Phi) is 4.16. The number of likely N-dealkylation sites (tertiary alicyclic amines) is 1. The molecule has 1 amide bonds. The molecule has 0 saturated carbocycles. The van der Waals surface area contributed by atoms with Gasteiger partial charge in [0.15, 0.2) is 0 Å². The van der Waals surface area contributed by atoms with Gasteiger partial charge in [-0.25, -0.2) is 0 Å². The SMILES string of the molecule is CC(=O)N1CC[C@H](Oc2ccc(-c3noc(C(F)(F)F)n3)cc2)C1. The molecule has 2 heterocycles. The number of carbonyl (C=O) groups excluding carboxylic acids is 1. The average Bonchev–Trinajstić information content (AvgIpc) is 3.16. The van der Waals surface area contributed by atoms with E-state index in [9.17, 15) is 18.0 Å². The first kappa shape index (κ1) is 16.3. The van der Waals surface area contributed by atoms with Crippen LogP contribution in [0.2, 0.25) is 0 Å². The van der Waals surface area contributed by atoms with E-state index in [1.165, 1.54) is 6.92 Å². The second kappa shape index (κ2) is 6.14. The predicted molar refractivity (Wildman–Crippen MR) is 76.0 cm³/mol. The quantitative estimate of drug-likeness (QED) is 0.859. The summed E-state index contributed by atoms with van der Waals surface area (Å²) in [5, 5.41) is 3.32. The summed E-state index contributed by atoms with van der Waals surface area (Å²) in [7, 11) is 0. The van der Waals surface area contributed by atoms with Crippen molar-refractivity contribution in [3.63, 3.8) is 0 Å². The van der Waals surface area contributed by atoms with Crippen molar-refractivity contribution in [1.82, 2.24) is 15.0 Å². The van der Waals surface area contributed by atoms with E-state index >= 15 is 0 Å². The highest BCUT2D eigenvalue weighted by Crippen LogP contribution is 2.30. The first-order valence-electron chi connectivity index (χ1n) is 7.26. The molecule has 6 nitrogen and oxygen atoms in total. The Morgan fingerprint density at radius 2 is 2.04 bits per heavy atom. The molecule has 0 spiro atoms. The number of hydrogen-bond donors (Lipinski definition) is 0. The molecule has 1 aliphatic rings. The molecule has 2 aromatic rings. The van der Waals surface area contributed by atoms with Crippen LogP contribution in [-0.2, 0) is 11.0 Å². The van der Waals surface area contributed by atoms with Crippen molar-refractivity contribution < 1.29 is 27.2 Å². The predicted octanol–water partition coefficient (Wildman–Crippen LogP) is 2.76. The lowest BCUT2D eigenvalue weighted by molar-refractivity contribution is -0.159. The molecule has 0 unspecified atom stereocenters. The second-order valence-electron chi connectivity index (χ2n) is 5.44. The Labute approximate surface area is 135 Å². The Bertz CT molecular complexity index is 728. The van der Waals surface area contributed by atoms with Gasteiger partial charge in [-0.3, -0.25) is 4.79 Å². The van der Waals surface area contributed by atoms with Crippen LogP contribution < -0.4 is 4.74 Å². The minimum absolute atomic E-state index is 0.00835. The van der Waals surface area contributed by atoms with Crippen LogP contribution in [0.5, 0.6) is 5.75 Å². The molecule has 0 radical (unpaired) electrons. The molecule has 0 aliphatic carbocycles. The van der Waals surface area contributed by atoms with Gasteiger partial charge in [0.05, 0.1) is 6.54 Å². The third kappa shape index (κ3) is 3.50. The summed E-state index contributed by atoms with van der Waals surface area (Å²) in [6.45, 7) is 2.69. The molecule has 1 fully saturated rings. The zero-order chi connectivity index (χ0) is 17.3. The molecule has 1 aromatic carbocycles. The molecule has 1 saturated heterocycles. The van der Waals surface area contributed by atoms with E-state index in [0.717, 1.165) is 6.42 Å². The monoisotopic (exact) mass is 341 g/mol. The fourth-order valence-electron chi connectivity index (χ4n) is 2.44. The number of alkyl halides is 3. The van der Waals surface area contributed by atoms with E-state index < -0.39 is 12.1 Å². The summed E-state index contributed by atoms with van der Waals surface area (Å²) in [4.78, 5) is 16.3. The molecule has 1 aliphatic heterocycles. The molecule has 0 bridgehead atoms. The molecule has 9 heteroatoms. The van der Waals surface area contributed by atoms with Crippen molar-refractivity contribution >= 4 is 5.91 Å². The lowest BCUT2D eigenvalue weighted by Crippen LogP contribution is -2.28. The summed E-state index contributed by atoms with van der Waals surface area (Å²) in [5.74, 6) is -0.951. The van der Waals surface area contributed by atoms with Gasteiger partial charge in [-0.05, 0) is 24.3 Å². The Morgan fingerprint density at radius 1 is 1.33 bits per heavy atom. The number of amides is 1. The zero-order valence-corrected chi connectivity index (χ0v) is 12.7. The smallest absolute Gasteiger partial charge is 0.471 e. The molecule has 3 rings (SSSR count). The number of benzene rings is 1. The van der Waals surface area contributed by atoms with Gasteiger partial charge in [-0.2, -0.15) is 18.2 Å². The first-order valence-corrected chi connectivity index (χ1v) is 7.26. The lowest BCUT2D eigenvalue weighted by atomic mass is 10.2. The molecular weight excluding hydrogens is 327 g/mol. The van der Waals surface area contributed by atoms with Crippen LogP contribution in [0.15, 0.2) is 28.8 Å². The van der Waals surface area contributed by atoms with Crippen LogP contribution >= 0.6 is 0 Å². The van der Waals surface area contributed by atoms with Crippen LogP contribution in [0.25, 0.3) is 11.4 Å². The van der Waals surface area contributed by atoms with E-state index in [4.69, 9.17) is 4.74 Å². The van der Waals surface area contributed by atoms with Gasteiger partial charge in [0.1, 0.15) is 11.9 Å². The van der Waals surface area contributed by atoms with Gasteiger partial charge in [-0.1, -0.05) is 5.16 Å². The highest BCUT2D eigenvalue weighted by atomic mass is 19.4. The summed E-state index contributed by atoms with van der Waals surface area (Å²) >= 11 is 0. The van der Waals surface area contributed by atoms with Crippen molar-refractivity contribution in [1.29, 1.82) is 0 Å². The normalized spacial score (nSPS) is 18.0. The van der Waals surface area contributed by atoms with Crippen LogP contribution in [0.4, 0.5) is 13.2 Å². The molecule has 0 N–H and O–H groups in total. The van der Waals surface area contributed by atoms with Gasteiger partial charge in [0, 0.05) is 25.5 Å². The summed E-state index contributed by atoms with van der Waals surface area (Å²) in [6, 6.07) is 6.35. The Balaban J connectivity index is 1.66. The topological polar surface area (TPSA) is 68.5 Å². The van der Waals surface area contributed by atoms with E-state index in [2.05, 4.69) is 14.7 Å². The lowest BCUT2D eigenvalue weighted by Gasteiger charge is -2.15. The molecule has 128 valence electrons. The summed E-state index contributed by atoms with van der Waals surface area (Å²) in [5.41, 5.74) is 0.387. The van der Waals surface area contributed by atoms with E-state index in [-0.39, 0.29) is 17.8 Å². The Hall–Kier alpha value is -2.58.